The van der Waals surface area contributed by atoms with Crippen LogP contribution in [0.4, 0.5) is 0 Å². The fourth-order valence-corrected chi connectivity index (χ4v) is 4.52. The Labute approximate surface area is 139 Å². The fraction of sp³-hybridized carbons (Fsp3) is 0.412. The molecule has 1 unspecified atom stereocenters. The summed E-state index contributed by atoms with van der Waals surface area (Å²) in [5.41, 5.74) is 3.40. The molecular weight excluding hydrogens is 308 g/mol. The normalized spacial score (nSPS) is 18.8. The summed E-state index contributed by atoms with van der Waals surface area (Å²) in [4.78, 5) is 5.17. The average Bonchev–Trinajstić information content (AvgIpc) is 3.29. The zero-order chi connectivity index (χ0) is 15.8. The highest BCUT2D eigenvalue weighted by atomic mass is 32.1. The second-order valence-electron chi connectivity index (χ2n) is 6.10. The number of aryl methyl sites for hydroxylation is 2. The van der Waals surface area contributed by atoms with E-state index in [9.17, 15) is 0 Å². The van der Waals surface area contributed by atoms with Crippen LogP contribution in [0.3, 0.4) is 0 Å². The smallest absolute Gasteiger partial charge is 0.138 e. The maximum Gasteiger partial charge on any atom is 0.138 e. The van der Waals surface area contributed by atoms with E-state index in [1.54, 1.807) is 6.20 Å². The molecule has 0 aliphatic carbocycles. The topological polar surface area (TPSA) is 58.0 Å². The Hall–Kier alpha value is -1.92. The molecule has 0 saturated carbocycles. The number of thiophene rings is 1. The van der Waals surface area contributed by atoms with Gasteiger partial charge in [0.25, 0.3) is 0 Å². The molecule has 1 saturated heterocycles. The van der Waals surface area contributed by atoms with Crippen LogP contribution in [0.15, 0.2) is 28.9 Å². The monoisotopic (exact) mass is 328 g/mol. The van der Waals surface area contributed by atoms with Crippen molar-refractivity contribution in [1.82, 2.24) is 20.3 Å². The van der Waals surface area contributed by atoms with Gasteiger partial charge in [-0.3, -0.25) is 10.00 Å². The lowest BCUT2D eigenvalue weighted by Gasteiger charge is -2.23. The van der Waals surface area contributed by atoms with E-state index in [1.807, 2.05) is 31.3 Å². The summed E-state index contributed by atoms with van der Waals surface area (Å²) in [6.07, 6.45) is 4.21. The zero-order valence-electron chi connectivity index (χ0n) is 13.4. The summed E-state index contributed by atoms with van der Waals surface area (Å²) in [5, 5.41) is 11.2. The number of rotatable bonds is 4. The maximum absolute atomic E-state index is 5.37. The molecule has 0 bridgehead atoms. The largest absolute Gasteiger partial charge is 0.361 e. The van der Waals surface area contributed by atoms with Crippen LogP contribution in [0.25, 0.3) is 10.6 Å². The van der Waals surface area contributed by atoms with Gasteiger partial charge in [-0.1, -0.05) is 5.16 Å². The quantitative estimate of drug-likeness (QED) is 0.784. The predicted octanol–water partition coefficient (Wildman–Crippen LogP) is 4.08. The Morgan fingerprint density at radius 1 is 1.35 bits per heavy atom. The first-order valence-electron chi connectivity index (χ1n) is 7.97. The van der Waals surface area contributed by atoms with Crippen molar-refractivity contribution >= 4 is 11.3 Å². The van der Waals surface area contributed by atoms with Crippen LogP contribution in [0, 0.1) is 13.8 Å². The predicted molar refractivity (Wildman–Crippen MR) is 90.3 cm³/mol. The molecule has 6 heteroatoms. The summed E-state index contributed by atoms with van der Waals surface area (Å²) in [6, 6.07) is 6.84. The van der Waals surface area contributed by atoms with Crippen LogP contribution in [0.2, 0.25) is 0 Å². The van der Waals surface area contributed by atoms with E-state index in [0.29, 0.717) is 6.04 Å². The molecule has 23 heavy (non-hydrogen) atoms. The Morgan fingerprint density at radius 3 is 3.00 bits per heavy atom. The molecule has 0 radical (unpaired) electrons. The minimum atomic E-state index is 0.430. The van der Waals surface area contributed by atoms with Gasteiger partial charge >= 0.3 is 0 Å². The molecule has 5 nitrogen and oxygen atoms in total. The summed E-state index contributed by atoms with van der Waals surface area (Å²) in [6.45, 7) is 6.18. The minimum Gasteiger partial charge on any atom is -0.361 e. The van der Waals surface area contributed by atoms with Gasteiger partial charge in [0.1, 0.15) is 5.76 Å². The van der Waals surface area contributed by atoms with Gasteiger partial charge in [0, 0.05) is 29.2 Å². The van der Waals surface area contributed by atoms with Crippen LogP contribution in [-0.2, 0) is 6.54 Å². The standard InChI is InChI=1S/C17H20N4OS/c1-11-17(12(2)22-20-11)15-4-3-9-21(15)10-13-5-6-16(23-13)14-7-8-18-19-14/h5-8,15H,3-4,9-10H2,1-2H3,(H,18,19). The molecule has 0 aromatic carbocycles. The van der Waals surface area contributed by atoms with E-state index in [-0.39, 0.29) is 0 Å². The molecule has 4 heterocycles. The molecule has 4 rings (SSSR count). The number of likely N-dealkylation sites (tertiary alicyclic amines) is 1. The fourth-order valence-electron chi connectivity index (χ4n) is 3.51. The number of aromatic nitrogens is 3. The van der Waals surface area contributed by atoms with Crippen molar-refractivity contribution in [3.8, 4) is 10.6 Å². The SMILES string of the molecule is Cc1noc(C)c1C1CCCN1Cc1ccc(-c2ccn[nH]2)s1. The van der Waals surface area contributed by atoms with Crippen LogP contribution in [-0.4, -0.2) is 26.8 Å². The van der Waals surface area contributed by atoms with E-state index < -0.39 is 0 Å². The van der Waals surface area contributed by atoms with Crippen molar-refractivity contribution in [1.29, 1.82) is 0 Å². The molecular formula is C17H20N4OS. The first-order chi connectivity index (χ1) is 11.2. The number of nitrogens with zero attached hydrogens (tertiary/aromatic N) is 3. The molecule has 3 aromatic rings. The van der Waals surface area contributed by atoms with Crippen molar-refractivity contribution in [2.75, 3.05) is 6.54 Å². The molecule has 1 atom stereocenters. The number of nitrogens with one attached hydrogen (secondary N) is 1. The van der Waals surface area contributed by atoms with Gasteiger partial charge in [-0.05, 0) is 51.4 Å². The van der Waals surface area contributed by atoms with E-state index in [0.717, 1.165) is 30.2 Å². The number of aromatic amines is 1. The van der Waals surface area contributed by atoms with E-state index in [2.05, 4.69) is 32.4 Å². The first kappa shape index (κ1) is 14.7. The second kappa shape index (κ2) is 5.94. The van der Waals surface area contributed by atoms with Crippen molar-refractivity contribution in [3.63, 3.8) is 0 Å². The maximum atomic E-state index is 5.37. The van der Waals surface area contributed by atoms with Crippen LogP contribution in [0.5, 0.6) is 0 Å². The summed E-state index contributed by atoms with van der Waals surface area (Å²) in [7, 11) is 0. The molecule has 3 aromatic heterocycles. The van der Waals surface area contributed by atoms with Gasteiger partial charge in [0.05, 0.1) is 16.3 Å². The van der Waals surface area contributed by atoms with Gasteiger partial charge in [0.2, 0.25) is 0 Å². The third kappa shape index (κ3) is 2.72. The van der Waals surface area contributed by atoms with Crippen LogP contribution >= 0.6 is 11.3 Å². The van der Waals surface area contributed by atoms with Gasteiger partial charge in [-0.2, -0.15) is 5.10 Å². The van der Waals surface area contributed by atoms with Gasteiger partial charge in [0.15, 0.2) is 0 Å². The molecule has 120 valence electrons. The third-order valence-electron chi connectivity index (χ3n) is 4.57. The number of hydrogen-bond acceptors (Lipinski definition) is 5. The number of H-pyrrole nitrogens is 1. The lowest BCUT2D eigenvalue weighted by atomic mass is 10.0. The Morgan fingerprint density at radius 2 is 2.26 bits per heavy atom. The average molecular weight is 328 g/mol. The van der Waals surface area contributed by atoms with Crippen molar-refractivity contribution < 1.29 is 4.52 Å². The highest BCUT2D eigenvalue weighted by Crippen LogP contribution is 2.37. The summed E-state index contributed by atoms with van der Waals surface area (Å²) < 4.78 is 5.37. The van der Waals surface area contributed by atoms with E-state index in [1.165, 1.54) is 28.2 Å². The molecule has 1 aliphatic heterocycles. The molecule has 1 N–H and O–H groups in total. The number of hydrogen-bond donors (Lipinski definition) is 1. The summed E-state index contributed by atoms with van der Waals surface area (Å²) in [5.74, 6) is 0.962. The lowest BCUT2D eigenvalue weighted by molar-refractivity contribution is 0.248. The van der Waals surface area contributed by atoms with Crippen molar-refractivity contribution in [2.45, 2.75) is 39.3 Å². The van der Waals surface area contributed by atoms with Crippen molar-refractivity contribution in [2.24, 2.45) is 0 Å². The van der Waals surface area contributed by atoms with Gasteiger partial charge in [-0.25, -0.2) is 0 Å². The van der Waals surface area contributed by atoms with Crippen LogP contribution in [0.1, 0.15) is 40.8 Å². The minimum absolute atomic E-state index is 0.430. The zero-order valence-corrected chi connectivity index (χ0v) is 14.2. The lowest BCUT2D eigenvalue weighted by Crippen LogP contribution is -2.23. The van der Waals surface area contributed by atoms with Crippen LogP contribution < -0.4 is 0 Å². The highest BCUT2D eigenvalue weighted by molar-refractivity contribution is 7.15. The third-order valence-corrected chi connectivity index (χ3v) is 5.68. The summed E-state index contributed by atoms with van der Waals surface area (Å²) >= 11 is 1.83. The van der Waals surface area contributed by atoms with E-state index >= 15 is 0 Å². The first-order valence-corrected chi connectivity index (χ1v) is 8.79. The second-order valence-corrected chi connectivity index (χ2v) is 7.27. The molecule has 1 aliphatic rings. The van der Waals surface area contributed by atoms with Crippen molar-refractivity contribution in [3.05, 3.63) is 46.3 Å². The molecule has 0 spiro atoms. The van der Waals surface area contributed by atoms with Gasteiger partial charge < -0.3 is 4.52 Å². The highest BCUT2D eigenvalue weighted by Gasteiger charge is 2.30. The Balaban J connectivity index is 1.54. The van der Waals surface area contributed by atoms with Gasteiger partial charge in [-0.15, -0.1) is 11.3 Å². The Kier molecular flexibility index (Phi) is 3.79. The van der Waals surface area contributed by atoms with E-state index in [4.69, 9.17) is 4.52 Å². The molecule has 0 amide bonds. The molecule has 1 fully saturated rings. The Bertz CT molecular complexity index is 770.